The normalized spacial score (nSPS) is 11.3. The standard InChI is InChI=1S/C22H20BrN3O2/c1-14-9-19(6-7-21(14)23)26-15(2)10-17(16(26)3)11-18(12-24)22(27)25-13-20-5-4-8-28-20/h4-11H,13H2,1-3H3,(H,25,27). The minimum absolute atomic E-state index is 0.0544. The average Bonchev–Trinajstić information content (AvgIpc) is 3.28. The van der Waals surface area contributed by atoms with Crippen molar-refractivity contribution < 1.29 is 9.21 Å². The smallest absolute Gasteiger partial charge is 0.262 e. The highest BCUT2D eigenvalue weighted by Gasteiger charge is 2.14. The lowest BCUT2D eigenvalue weighted by Gasteiger charge is -2.11. The number of aryl methyl sites for hydroxylation is 2. The lowest BCUT2D eigenvalue weighted by Crippen LogP contribution is -2.23. The van der Waals surface area contributed by atoms with Crippen molar-refractivity contribution >= 4 is 27.9 Å². The van der Waals surface area contributed by atoms with Crippen LogP contribution in [0.2, 0.25) is 0 Å². The summed E-state index contributed by atoms with van der Waals surface area (Å²) in [5.74, 6) is 0.206. The van der Waals surface area contributed by atoms with E-state index in [1.807, 2.05) is 45.0 Å². The fraction of sp³-hybridized carbons (Fsp3) is 0.182. The van der Waals surface area contributed by atoms with Crippen LogP contribution in [-0.4, -0.2) is 10.5 Å². The molecule has 0 unspecified atom stereocenters. The Bertz CT molecular complexity index is 1090. The van der Waals surface area contributed by atoms with E-state index in [1.54, 1.807) is 24.5 Å². The number of nitrogens with zero attached hydrogens (tertiary/aromatic N) is 2. The third-order valence-electron chi connectivity index (χ3n) is 4.54. The molecule has 0 bridgehead atoms. The SMILES string of the molecule is Cc1cc(-n2c(C)cc(C=C(C#N)C(=O)NCc3ccco3)c2C)ccc1Br. The summed E-state index contributed by atoms with van der Waals surface area (Å²) < 4.78 is 8.36. The Balaban J connectivity index is 1.89. The third kappa shape index (κ3) is 4.10. The average molecular weight is 438 g/mol. The highest BCUT2D eigenvalue weighted by Crippen LogP contribution is 2.26. The molecule has 5 nitrogen and oxygen atoms in total. The lowest BCUT2D eigenvalue weighted by molar-refractivity contribution is -0.117. The number of rotatable bonds is 5. The number of aromatic nitrogens is 1. The number of carbonyl (C=O) groups is 1. The van der Waals surface area contributed by atoms with Crippen LogP contribution in [0, 0.1) is 32.1 Å². The van der Waals surface area contributed by atoms with Crippen molar-refractivity contribution in [3.63, 3.8) is 0 Å². The Morgan fingerprint density at radius 3 is 2.71 bits per heavy atom. The van der Waals surface area contributed by atoms with E-state index in [9.17, 15) is 10.1 Å². The van der Waals surface area contributed by atoms with Crippen molar-refractivity contribution in [3.8, 4) is 11.8 Å². The van der Waals surface area contributed by atoms with Crippen molar-refractivity contribution in [3.05, 3.63) is 81.0 Å². The van der Waals surface area contributed by atoms with Crippen LogP contribution in [0.25, 0.3) is 11.8 Å². The zero-order chi connectivity index (χ0) is 20.3. The van der Waals surface area contributed by atoms with Crippen LogP contribution >= 0.6 is 15.9 Å². The Hall–Kier alpha value is -3.04. The van der Waals surface area contributed by atoms with E-state index in [2.05, 4.69) is 31.9 Å². The number of amides is 1. The van der Waals surface area contributed by atoms with E-state index in [4.69, 9.17) is 4.42 Å². The second kappa shape index (κ2) is 8.32. The van der Waals surface area contributed by atoms with E-state index in [0.29, 0.717) is 5.76 Å². The molecule has 0 aliphatic carbocycles. The number of nitrogens with one attached hydrogen (secondary N) is 1. The summed E-state index contributed by atoms with van der Waals surface area (Å²) >= 11 is 3.53. The highest BCUT2D eigenvalue weighted by molar-refractivity contribution is 9.10. The first kappa shape index (κ1) is 19.7. The Kier molecular flexibility index (Phi) is 5.86. The maximum atomic E-state index is 12.4. The number of hydrogen-bond acceptors (Lipinski definition) is 3. The molecule has 0 atom stereocenters. The van der Waals surface area contributed by atoms with Gasteiger partial charge in [0, 0.05) is 21.5 Å². The zero-order valence-corrected chi connectivity index (χ0v) is 17.5. The van der Waals surface area contributed by atoms with Crippen LogP contribution in [0.15, 0.2) is 57.1 Å². The topological polar surface area (TPSA) is 71.0 Å². The van der Waals surface area contributed by atoms with Gasteiger partial charge in [-0.25, -0.2) is 0 Å². The van der Waals surface area contributed by atoms with Crippen LogP contribution in [0.4, 0.5) is 0 Å². The van der Waals surface area contributed by atoms with Gasteiger partial charge >= 0.3 is 0 Å². The van der Waals surface area contributed by atoms with Crippen molar-refractivity contribution in [2.75, 3.05) is 0 Å². The van der Waals surface area contributed by atoms with Gasteiger partial charge in [-0.15, -0.1) is 0 Å². The molecule has 0 aliphatic heterocycles. The monoisotopic (exact) mass is 437 g/mol. The summed E-state index contributed by atoms with van der Waals surface area (Å²) in [4.78, 5) is 12.4. The largest absolute Gasteiger partial charge is 0.467 e. The Morgan fingerprint density at radius 1 is 1.29 bits per heavy atom. The molecule has 0 radical (unpaired) electrons. The van der Waals surface area contributed by atoms with Crippen molar-refractivity contribution in [1.29, 1.82) is 5.26 Å². The number of furan rings is 1. The molecule has 3 aromatic rings. The van der Waals surface area contributed by atoms with Crippen LogP contribution < -0.4 is 5.32 Å². The first-order valence-electron chi connectivity index (χ1n) is 8.78. The quantitative estimate of drug-likeness (QED) is 0.451. The Morgan fingerprint density at radius 2 is 2.07 bits per heavy atom. The van der Waals surface area contributed by atoms with Crippen LogP contribution in [-0.2, 0) is 11.3 Å². The number of benzene rings is 1. The summed E-state index contributed by atoms with van der Waals surface area (Å²) in [6.45, 7) is 6.26. The van der Waals surface area contributed by atoms with Crippen LogP contribution in [0.5, 0.6) is 0 Å². The lowest BCUT2D eigenvalue weighted by atomic mass is 10.1. The summed E-state index contributed by atoms with van der Waals surface area (Å²) in [5, 5.41) is 12.2. The first-order valence-corrected chi connectivity index (χ1v) is 9.58. The minimum Gasteiger partial charge on any atom is -0.467 e. The molecule has 0 aliphatic rings. The van der Waals surface area contributed by atoms with E-state index >= 15 is 0 Å². The molecular formula is C22H20BrN3O2. The number of halogens is 1. The van der Waals surface area contributed by atoms with E-state index < -0.39 is 5.91 Å². The number of hydrogen-bond donors (Lipinski definition) is 1. The Labute approximate surface area is 172 Å². The van der Waals surface area contributed by atoms with Crippen molar-refractivity contribution in [1.82, 2.24) is 9.88 Å². The third-order valence-corrected chi connectivity index (χ3v) is 5.43. The maximum Gasteiger partial charge on any atom is 0.262 e. The molecule has 0 saturated carbocycles. The van der Waals surface area contributed by atoms with Crippen LogP contribution in [0.1, 0.15) is 28.3 Å². The fourth-order valence-electron chi connectivity index (χ4n) is 3.08. The molecular weight excluding hydrogens is 418 g/mol. The number of nitriles is 1. The molecule has 2 heterocycles. The molecule has 1 aromatic carbocycles. The molecule has 6 heteroatoms. The van der Waals surface area contributed by atoms with Gasteiger partial charge in [0.15, 0.2) is 0 Å². The second-order valence-corrected chi connectivity index (χ2v) is 7.38. The van der Waals surface area contributed by atoms with Crippen molar-refractivity contribution in [2.24, 2.45) is 0 Å². The molecule has 1 N–H and O–H groups in total. The molecule has 142 valence electrons. The molecule has 1 amide bonds. The van der Waals surface area contributed by atoms with Gasteiger partial charge in [-0.1, -0.05) is 15.9 Å². The minimum atomic E-state index is -0.428. The van der Waals surface area contributed by atoms with E-state index in [0.717, 1.165) is 32.7 Å². The number of carbonyl (C=O) groups excluding carboxylic acids is 1. The van der Waals surface area contributed by atoms with Gasteiger partial charge in [-0.2, -0.15) is 5.26 Å². The summed E-state index contributed by atoms with van der Waals surface area (Å²) in [7, 11) is 0. The molecule has 28 heavy (non-hydrogen) atoms. The molecule has 0 spiro atoms. The second-order valence-electron chi connectivity index (χ2n) is 6.53. The van der Waals surface area contributed by atoms with Gasteiger partial charge in [0.1, 0.15) is 17.4 Å². The van der Waals surface area contributed by atoms with Gasteiger partial charge in [0.2, 0.25) is 0 Å². The van der Waals surface area contributed by atoms with Gasteiger partial charge < -0.3 is 14.3 Å². The molecule has 0 saturated heterocycles. The predicted octanol–water partition coefficient (Wildman–Crippen LogP) is 4.98. The maximum absolute atomic E-state index is 12.4. The van der Waals surface area contributed by atoms with Crippen LogP contribution in [0.3, 0.4) is 0 Å². The first-order chi connectivity index (χ1) is 13.4. The van der Waals surface area contributed by atoms with Crippen molar-refractivity contribution in [2.45, 2.75) is 27.3 Å². The van der Waals surface area contributed by atoms with Gasteiger partial charge in [0.05, 0.1) is 12.8 Å². The highest BCUT2D eigenvalue weighted by atomic mass is 79.9. The molecule has 3 rings (SSSR count). The summed E-state index contributed by atoms with van der Waals surface area (Å²) in [5.41, 5.74) is 5.05. The molecule has 2 aromatic heterocycles. The van der Waals surface area contributed by atoms with E-state index in [-0.39, 0.29) is 12.1 Å². The predicted molar refractivity (Wildman–Crippen MR) is 112 cm³/mol. The van der Waals surface area contributed by atoms with E-state index in [1.165, 1.54) is 0 Å². The summed E-state index contributed by atoms with van der Waals surface area (Å²) in [6, 6.07) is 13.6. The van der Waals surface area contributed by atoms with Gasteiger partial charge in [-0.3, -0.25) is 4.79 Å². The van der Waals surface area contributed by atoms with Gasteiger partial charge in [-0.05, 0) is 74.4 Å². The fourth-order valence-corrected chi connectivity index (χ4v) is 3.33. The summed E-state index contributed by atoms with van der Waals surface area (Å²) in [6.07, 6.45) is 3.17. The van der Waals surface area contributed by atoms with Gasteiger partial charge in [0.25, 0.3) is 5.91 Å². The molecule has 0 fully saturated rings. The zero-order valence-electron chi connectivity index (χ0n) is 15.9.